The summed E-state index contributed by atoms with van der Waals surface area (Å²) in [4.78, 5) is 26.1. The van der Waals surface area contributed by atoms with Crippen molar-refractivity contribution in [1.82, 2.24) is 4.98 Å². The Morgan fingerprint density at radius 3 is 2.76 bits per heavy atom. The number of nitrogens with two attached hydrogens (primary N) is 1. The number of pyridine rings is 1. The Morgan fingerprint density at radius 1 is 1.35 bits per heavy atom. The number of hydrogen-bond donors (Lipinski definition) is 2. The summed E-state index contributed by atoms with van der Waals surface area (Å²) in [7, 11) is 0. The second kappa shape index (κ2) is 4.41. The number of para-hydroxylation sites is 1. The molecule has 2 rings (SSSR count). The number of fused-ring (bicyclic) bond motifs is 1. The van der Waals surface area contributed by atoms with Crippen LogP contribution in [0.2, 0.25) is 0 Å². The van der Waals surface area contributed by atoms with Crippen LogP contribution in [-0.2, 0) is 11.2 Å². The summed E-state index contributed by atoms with van der Waals surface area (Å²) in [5, 5.41) is 0.651. The van der Waals surface area contributed by atoms with Gasteiger partial charge in [-0.2, -0.15) is 0 Å². The zero-order valence-corrected chi connectivity index (χ0v) is 9.62. The summed E-state index contributed by atoms with van der Waals surface area (Å²) in [5.41, 5.74) is 7.35. The smallest absolute Gasteiger partial charge is 0.217 e. The van der Waals surface area contributed by atoms with Crippen molar-refractivity contribution in [3.05, 3.63) is 45.7 Å². The highest BCUT2D eigenvalue weighted by Gasteiger charge is 2.09. The first-order chi connectivity index (χ1) is 8.09. The van der Waals surface area contributed by atoms with Crippen LogP contribution in [0, 0.1) is 6.92 Å². The molecule has 1 aromatic heterocycles. The Kier molecular flexibility index (Phi) is 2.95. The largest absolute Gasteiger partial charge is 0.370 e. The monoisotopic (exact) mass is 230 g/mol. The van der Waals surface area contributed by atoms with E-state index in [0.717, 1.165) is 11.2 Å². The Labute approximate surface area is 98.5 Å². The summed E-state index contributed by atoms with van der Waals surface area (Å²) in [6.45, 7) is 1.84. The van der Waals surface area contributed by atoms with Gasteiger partial charge in [-0.1, -0.05) is 12.1 Å². The van der Waals surface area contributed by atoms with Crippen LogP contribution in [0.3, 0.4) is 0 Å². The van der Waals surface area contributed by atoms with Crippen molar-refractivity contribution >= 4 is 16.8 Å². The highest BCUT2D eigenvalue weighted by atomic mass is 16.1. The standard InChI is InChI=1S/C13H14N2O2/c1-8-9(6-7-12(14)16)13(17)10-4-2-3-5-11(10)15-8/h2-5H,6-7H2,1H3,(H2,14,16)(H,15,17). The molecule has 1 aromatic carbocycles. The van der Waals surface area contributed by atoms with Gasteiger partial charge in [0.25, 0.3) is 0 Å². The van der Waals surface area contributed by atoms with Crippen LogP contribution in [0.15, 0.2) is 29.1 Å². The van der Waals surface area contributed by atoms with Gasteiger partial charge in [0.1, 0.15) is 0 Å². The molecular formula is C13H14N2O2. The van der Waals surface area contributed by atoms with Gasteiger partial charge in [0.05, 0.1) is 0 Å². The highest BCUT2D eigenvalue weighted by Crippen LogP contribution is 2.11. The molecule has 0 aliphatic heterocycles. The van der Waals surface area contributed by atoms with E-state index < -0.39 is 5.91 Å². The lowest BCUT2D eigenvalue weighted by molar-refractivity contribution is -0.117. The molecule has 1 amide bonds. The number of aromatic amines is 1. The first-order valence-corrected chi connectivity index (χ1v) is 5.48. The van der Waals surface area contributed by atoms with Crippen molar-refractivity contribution in [2.75, 3.05) is 0 Å². The SMILES string of the molecule is Cc1[nH]c2ccccc2c(=O)c1CCC(N)=O. The molecule has 88 valence electrons. The number of carbonyl (C=O) groups is 1. The zero-order valence-electron chi connectivity index (χ0n) is 9.62. The van der Waals surface area contributed by atoms with E-state index in [9.17, 15) is 9.59 Å². The number of amides is 1. The lowest BCUT2D eigenvalue weighted by Crippen LogP contribution is -2.17. The van der Waals surface area contributed by atoms with Crippen molar-refractivity contribution in [3.63, 3.8) is 0 Å². The Balaban J connectivity index is 2.56. The van der Waals surface area contributed by atoms with Crippen molar-refractivity contribution in [3.8, 4) is 0 Å². The number of carbonyl (C=O) groups excluding carboxylic acids is 1. The number of primary amides is 1. The van der Waals surface area contributed by atoms with Gasteiger partial charge in [-0.25, -0.2) is 0 Å². The van der Waals surface area contributed by atoms with Crippen LogP contribution in [0.5, 0.6) is 0 Å². The number of aryl methyl sites for hydroxylation is 1. The maximum Gasteiger partial charge on any atom is 0.217 e. The predicted molar refractivity (Wildman–Crippen MR) is 66.8 cm³/mol. The van der Waals surface area contributed by atoms with Crippen LogP contribution in [0.1, 0.15) is 17.7 Å². The second-order valence-electron chi connectivity index (χ2n) is 4.07. The molecule has 3 N–H and O–H groups in total. The normalized spacial score (nSPS) is 10.6. The average molecular weight is 230 g/mol. The first kappa shape index (κ1) is 11.4. The fraction of sp³-hybridized carbons (Fsp3) is 0.231. The minimum atomic E-state index is -0.392. The highest BCUT2D eigenvalue weighted by molar-refractivity contribution is 5.79. The Morgan fingerprint density at radius 2 is 2.06 bits per heavy atom. The quantitative estimate of drug-likeness (QED) is 0.832. The van der Waals surface area contributed by atoms with Crippen LogP contribution < -0.4 is 11.2 Å². The van der Waals surface area contributed by atoms with Crippen LogP contribution in [-0.4, -0.2) is 10.9 Å². The zero-order chi connectivity index (χ0) is 12.4. The van der Waals surface area contributed by atoms with Gasteiger partial charge in [-0.15, -0.1) is 0 Å². The molecule has 0 aliphatic carbocycles. The lowest BCUT2D eigenvalue weighted by Gasteiger charge is -2.06. The molecular weight excluding hydrogens is 216 g/mol. The van der Waals surface area contributed by atoms with E-state index in [0.29, 0.717) is 17.4 Å². The fourth-order valence-electron chi connectivity index (χ4n) is 1.95. The number of aromatic nitrogens is 1. The molecule has 1 heterocycles. The molecule has 2 aromatic rings. The predicted octanol–water partition coefficient (Wildman–Crippen LogP) is 1.25. The molecule has 0 saturated carbocycles. The maximum atomic E-state index is 12.2. The molecule has 0 fully saturated rings. The van der Waals surface area contributed by atoms with E-state index in [1.165, 1.54) is 0 Å². The van der Waals surface area contributed by atoms with Crippen molar-refractivity contribution in [2.45, 2.75) is 19.8 Å². The number of H-pyrrole nitrogens is 1. The van der Waals surface area contributed by atoms with E-state index in [4.69, 9.17) is 5.73 Å². The molecule has 0 radical (unpaired) electrons. The van der Waals surface area contributed by atoms with Gasteiger partial charge in [-0.05, 0) is 25.5 Å². The Hall–Kier alpha value is -2.10. The third-order valence-electron chi connectivity index (χ3n) is 2.84. The molecule has 0 spiro atoms. The summed E-state index contributed by atoms with van der Waals surface area (Å²) in [6, 6.07) is 7.34. The second-order valence-corrected chi connectivity index (χ2v) is 4.07. The van der Waals surface area contributed by atoms with E-state index in [1.54, 1.807) is 6.07 Å². The van der Waals surface area contributed by atoms with Crippen LogP contribution in [0.25, 0.3) is 10.9 Å². The minimum Gasteiger partial charge on any atom is -0.370 e. The van der Waals surface area contributed by atoms with E-state index in [2.05, 4.69) is 4.98 Å². The molecule has 0 aliphatic rings. The van der Waals surface area contributed by atoms with Crippen LogP contribution in [0.4, 0.5) is 0 Å². The van der Waals surface area contributed by atoms with Crippen LogP contribution >= 0.6 is 0 Å². The summed E-state index contributed by atoms with van der Waals surface area (Å²) in [5.74, 6) is -0.392. The first-order valence-electron chi connectivity index (χ1n) is 5.48. The van der Waals surface area contributed by atoms with Gasteiger partial charge >= 0.3 is 0 Å². The number of hydrogen-bond acceptors (Lipinski definition) is 2. The number of rotatable bonds is 3. The van der Waals surface area contributed by atoms with Gasteiger partial charge in [0.15, 0.2) is 5.43 Å². The van der Waals surface area contributed by atoms with Gasteiger partial charge < -0.3 is 10.7 Å². The Bertz CT molecular complexity index is 629. The molecule has 17 heavy (non-hydrogen) atoms. The lowest BCUT2D eigenvalue weighted by atomic mass is 10.0. The third kappa shape index (κ3) is 2.20. The molecule has 0 atom stereocenters. The van der Waals surface area contributed by atoms with Gasteiger partial charge in [0.2, 0.25) is 5.91 Å². The number of benzene rings is 1. The summed E-state index contributed by atoms with van der Waals surface area (Å²) < 4.78 is 0. The molecule has 4 heteroatoms. The van der Waals surface area contributed by atoms with Crippen molar-refractivity contribution in [1.29, 1.82) is 0 Å². The van der Waals surface area contributed by atoms with E-state index >= 15 is 0 Å². The minimum absolute atomic E-state index is 0.0156. The summed E-state index contributed by atoms with van der Waals surface area (Å²) >= 11 is 0. The number of nitrogens with one attached hydrogen (secondary N) is 1. The van der Waals surface area contributed by atoms with E-state index in [-0.39, 0.29) is 11.8 Å². The molecule has 0 saturated heterocycles. The molecule has 4 nitrogen and oxygen atoms in total. The van der Waals surface area contributed by atoms with Crippen molar-refractivity contribution in [2.24, 2.45) is 5.73 Å². The van der Waals surface area contributed by atoms with E-state index in [1.807, 2.05) is 25.1 Å². The van der Waals surface area contributed by atoms with Crippen molar-refractivity contribution < 1.29 is 4.79 Å². The maximum absolute atomic E-state index is 12.2. The molecule has 0 unspecified atom stereocenters. The summed E-state index contributed by atoms with van der Waals surface area (Å²) in [6.07, 6.45) is 0.587. The third-order valence-corrected chi connectivity index (χ3v) is 2.84. The average Bonchev–Trinajstić information content (AvgIpc) is 2.28. The topological polar surface area (TPSA) is 75.9 Å². The fourth-order valence-corrected chi connectivity index (χ4v) is 1.95. The molecule has 0 bridgehead atoms. The van der Waals surface area contributed by atoms with Gasteiger partial charge in [-0.3, -0.25) is 9.59 Å². The van der Waals surface area contributed by atoms with Gasteiger partial charge in [0, 0.05) is 28.6 Å².